The van der Waals surface area contributed by atoms with Crippen LogP contribution < -0.4 is 0 Å². The second kappa shape index (κ2) is 5.81. The molecule has 2 saturated heterocycles. The van der Waals surface area contributed by atoms with Gasteiger partial charge in [-0.25, -0.2) is 4.79 Å². The second-order valence-electron chi connectivity index (χ2n) is 7.51. The molecule has 26 heavy (non-hydrogen) atoms. The Kier molecular flexibility index (Phi) is 3.80. The van der Waals surface area contributed by atoms with E-state index in [0.29, 0.717) is 37.1 Å². The highest BCUT2D eigenvalue weighted by Crippen LogP contribution is 2.41. The number of carbonyl (C=O) groups excluding carboxylic acids is 3. The molecule has 2 aliphatic heterocycles. The van der Waals surface area contributed by atoms with Crippen LogP contribution in [0, 0.1) is 6.92 Å². The summed E-state index contributed by atoms with van der Waals surface area (Å²) in [5.74, 6) is -0.796. The number of hydrogen-bond acceptors (Lipinski definition) is 5. The molecule has 4 rings (SSSR count). The van der Waals surface area contributed by atoms with Gasteiger partial charge in [0.25, 0.3) is 11.8 Å². The Labute approximate surface area is 151 Å². The molecule has 1 saturated carbocycles. The second-order valence-corrected chi connectivity index (χ2v) is 7.51. The Bertz CT molecular complexity index is 801. The van der Waals surface area contributed by atoms with E-state index in [1.54, 1.807) is 34.9 Å². The Morgan fingerprint density at radius 1 is 1.15 bits per heavy atom. The lowest BCUT2D eigenvalue weighted by molar-refractivity contribution is -0.144. The molecule has 138 valence electrons. The predicted octanol–water partition coefficient (Wildman–Crippen LogP) is 0.732. The number of rotatable bonds is 3. The Hall–Kier alpha value is -2.41. The van der Waals surface area contributed by atoms with Gasteiger partial charge in [-0.15, -0.1) is 0 Å². The molecule has 0 aromatic heterocycles. The average Bonchev–Trinajstić information content (AvgIpc) is 3.09. The van der Waals surface area contributed by atoms with Crippen LogP contribution in [0.3, 0.4) is 0 Å². The summed E-state index contributed by atoms with van der Waals surface area (Å²) in [4.78, 5) is 40.7. The smallest absolute Gasteiger partial charge is 0.338 e. The van der Waals surface area contributed by atoms with Crippen LogP contribution in [0.4, 0.5) is 0 Å². The first-order valence-corrected chi connectivity index (χ1v) is 8.87. The Balaban J connectivity index is 1.50. The average molecular weight is 358 g/mol. The van der Waals surface area contributed by atoms with Crippen molar-refractivity contribution in [3.05, 3.63) is 34.9 Å². The van der Waals surface area contributed by atoms with E-state index in [0.717, 1.165) is 12.0 Å². The molecule has 3 fully saturated rings. The molecule has 0 unspecified atom stereocenters. The van der Waals surface area contributed by atoms with Gasteiger partial charge in [0.2, 0.25) is 0 Å². The van der Waals surface area contributed by atoms with E-state index >= 15 is 0 Å². The van der Waals surface area contributed by atoms with Crippen molar-refractivity contribution in [1.29, 1.82) is 0 Å². The van der Waals surface area contributed by atoms with Crippen LogP contribution in [0.15, 0.2) is 18.2 Å². The quantitative estimate of drug-likeness (QED) is 0.805. The van der Waals surface area contributed by atoms with Crippen molar-refractivity contribution in [2.45, 2.75) is 43.9 Å². The van der Waals surface area contributed by atoms with Crippen LogP contribution in [0.25, 0.3) is 0 Å². The number of esters is 1. The third-order valence-electron chi connectivity index (χ3n) is 5.77. The number of aryl methyl sites for hydroxylation is 1. The maximum absolute atomic E-state index is 12.9. The summed E-state index contributed by atoms with van der Waals surface area (Å²) in [6, 6.07) is 4.96. The molecular weight excluding hydrogens is 336 g/mol. The third-order valence-corrected chi connectivity index (χ3v) is 5.77. The highest BCUT2D eigenvalue weighted by Gasteiger charge is 2.56. The molecule has 1 aromatic rings. The van der Waals surface area contributed by atoms with E-state index in [1.807, 2.05) is 0 Å². The third kappa shape index (κ3) is 2.58. The first kappa shape index (κ1) is 17.0. The van der Waals surface area contributed by atoms with Crippen LogP contribution in [0.1, 0.15) is 45.5 Å². The molecule has 7 nitrogen and oxygen atoms in total. The largest absolute Gasteiger partial charge is 0.465 e. The Morgan fingerprint density at radius 3 is 2.38 bits per heavy atom. The number of nitrogens with zero attached hydrogens (tertiary/aromatic N) is 2. The van der Waals surface area contributed by atoms with Crippen LogP contribution >= 0.6 is 0 Å². The summed E-state index contributed by atoms with van der Waals surface area (Å²) in [6.07, 6.45) is 1.80. The fraction of sp³-hybridized carbons (Fsp3) is 0.526. The lowest BCUT2D eigenvalue weighted by Crippen LogP contribution is -2.53. The molecule has 2 atom stereocenters. The van der Waals surface area contributed by atoms with Crippen LogP contribution in [-0.2, 0) is 9.53 Å². The number of aliphatic hydroxyl groups is 1. The van der Waals surface area contributed by atoms with Crippen molar-refractivity contribution >= 4 is 17.8 Å². The van der Waals surface area contributed by atoms with Gasteiger partial charge >= 0.3 is 5.97 Å². The van der Waals surface area contributed by atoms with Crippen molar-refractivity contribution in [2.75, 3.05) is 20.2 Å². The molecule has 2 bridgehead atoms. The number of benzene rings is 1. The van der Waals surface area contributed by atoms with E-state index < -0.39 is 11.6 Å². The molecular formula is C19H22N2O5. The zero-order valence-corrected chi connectivity index (χ0v) is 14.9. The number of carbonyl (C=O) groups is 3. The molecule has 1 N–H and O–H groups in total. The van der Waals surface area contributed by atoms with Gasteiger partial charge in [0, 0.05) is 18.7 Å². The number of piperazine rings is 1. The van der Waals surface area contributed by atoms with E-state index in [9.17, 15) is 19.5 Å². The van der Waals surface area contributed by atoms with Crippen molar-refractivity contribution < 1.29 is 24.2 Å². The lowest BCUT2D eigenvalue weighted by atomic mass is 10.0. The monoisotopic (exact) mass is 358 g/mol. The van der Waals surface area contributed by atoms with Gasteiger partial charge in [0.15, 0.2) is 0 Å². The number of likely N-dealkylation sites (tertiary alicyclic amines) is 2. The zero-order valence-electron chi connectivity index (χ0n) is 14.9. The van der Waals surface area contributed by atoms with E-state index in [-0.39, 0.29) is 23.9 Å². The summed E-state index contributed by atoms with van der Waals surface area (Å²) < 4.78 is 4.77. The van der Waals surface area contributed by atoms with Crippen LogP contribution in [-0.4, -0.2) is 70.6 Å². The minimum atomic E-state index is -1.16. The van der Waals surface area contributed by atoms with Gasteiger partial charge in [-0.2, -0.15) is 0 Å². The molecule has 0 radical (unpaired) electrons. The molecule has 1 aromatic carbocycles. The molecule has 0 spiro atoms. The number of ether oxygens (including phenoxy) is 1. The van der Waals surface area contributed by atoms with Gasteiger partial charge in [0.1, 0.15) is 5.60 Å². The zero-order chi connectivity index (χ0) is 18.6. The lowest BCUT2D eigenvalue weighted by Gasteiger charge is -2.35. The fourth-order valence-electron chi connectivity index (χ4n) is 4.01. The topological polar surface area (TPSA) is 87.2 Å². The summed E-state index contributed by atoms with van der Waals surface area (Å²) in [5.41, 5.74) is 0.426. The standard InChI is InChI=1S/C19H22N2O5/c1-11-3-4-12(7-15(11)17(23)26-2)16(22)20-9-14-8-13(20)10-21(14)18(24)19(25)5-6-19/h3-4,7,13-14,25H,5-6,8-10H2,1-2H3/t13-,14-/m0/s1. The van der Waals surface area contributed by atoms with Gasteiger partial charge in [-0.1, -0.05) is 6.07 Å². The van der Waals surface area contributed by atoms with Gasteiger partial charge in [-0.3, -0.25) is 9.59 Å². The summed E-state index contributed by atoms with van der Waals surface area (Å²) in [5, 5.41) is 10.1. The fourth-order valence-corrected chi connectivity index (χ4v) is 4.01. The van der Waals surface area contributed by atoms with Crippen molar-refractivity contribution in [3.63, 3.8) is 0 Å². The van der Waals surface area contributed by atoms with Crippen molar-refractivity contribution in [3.8, 4) is 0 Å². The maximum Gasteiger partial charge on any atom is 0.338 e. The predicted molar refractivity (Wildman–Crippen MR) is 91.6 cm³/mol. The summed E-state index contributed by atoms with van der Waals surface area (Å²) in [7, 11) is 1.31. The van der Waals surface area contributed by atoms with Gasteiger partial charge < -0.3 is 19.6 Å². The minimum Gasteiger partial charge on any atom is -0.465 e. The molecule has 1 aliphatic carbocycles. The molecule has 2 heterocycles. The number of amides is 2. The molecule has 2 amide bonds. The number of methoxy groups -OCH3 is 1. The number of fused-ring (bicyclic) bond motifs is 2. The maximum atomic E-state index is 12.9. The minimum absolute atomic E-state index is 0.0356. The Morgan fingerprint density at radius 2 is 1.81 bits per heavy atom. The molecule has 3 aliphatic rings. The van der Waals surface area contributed by atoms with E-state index in [4.69, 9.17) is 4.74 Å². The van der Waals surface area contributed by atoms with Crippen molar-refractivity contribution in [2.24, 2.45) is 0 Å². The highest BCUT2D eigenvalue weighted by molar-refractivity contribution is 5.99. The summed E-state index contributed by atoms with van der Waals surface area (Å²) in [6.45, 7) is 2.73. The molecule has 7 heteroatoms. The van der Waals surface area contributed by atoms with Gasteiger partial charge in [0.05, 0.1) is 24.8 Å². The van der Waals surface area contributed by atoms with E-state index in [2.05, 4.69) is 0 Å². The first-order chi connectivity index (χ1) is 12.3. The van der Waals surface area contributed by atoms with E-state index in [1.165, 1.54) is 7.11 Å². The van der Waals surface area contributed by atoms with Crippen LogP contribution in [0.2, 0.25) is 0 Å². The van der Waals surface area contributed by atoms with Gasteiger partial charge in [-0.05, 0) is 43.9 Å². The SMILES string of the molecule is COC(=O)c1cc(C(=O)N2C[C@@H]3C[C@H]2CN3C(=O)C2(O)CC2)ccc1C. The van der Waals surface area contributed by atoms with Crippen LogP contribution in [0.5, 0.6) is 0 Å². The number of hydrogen-bond donors (Lipinski definition) is 1. The van der Waals surface area contributed by atoms with Crippen molar-refractivity contribution in [1.82, 2.24) is 9.80 Å². The summed E-state index contributed by atoms with van der Waals surface area (Å²) >= 11 is 0. The first-order valence-electron chi connectivity index (χ1n) is 8.87. The normalized spacial score (nSPS) is 25.3. The highest BCUT2D eigenvalue weighted by atomic mass is 16.5.